The number of nitrogens with one attached hydrogen (secondary N) is 1. The molecule has 2 aromatic heterocycles. The summed E-state index contributed by atoms with van der Waals surface area (Å²) in [7, 11) is 0. The minimum Gasteiger partial charge on any atom is -0.369 e. The Hall–Kier alpha value is -1.87. The topological polar surface area (TPSA) is 24.9 Å². The summed E-state index contributed by atoms with van der Waals surface area (Å²) in [4.78, 5) is 4.43. The van der Waals surface area contributed by atoms with Gasteiger partial charge in [0.25, 0.3) is 0 Å². The third-order valence-electron chi connectivity index (χ3n) is 3.33. The highest BCUT2D eigenvalue weighted by atomic mass is 32.1. The van der Waals surface area contributed by atoms with Gasteiger partial charge in [-0.25, -0.2) is 4.98 Å². The molecule has 3 rings (SSSR count). The summed E-state index contributed by atoms with van der Waals surface area (Å²) in [6.45, 7) is 3.07. The molecular weight excluding hydrogens is 252 g/mol. The minimum absolute atomic E-state index is 0.910. The van der Waals surface area contributed by atoms with Crippen molar-refractivity contribution < 1.29 is 0 Å². The molecule has 0 saturated heterocycles. The lowest BCUT2D eigenvalue weighted by atomic mass is 10.1. The largest absolute Gasteiger partial charge is 0.369 e. The molecule has 0 atom stereocenters. The molecule has 0 spiro atoms. The number of anilines is 1. The molecule has 1 aromatic carbocycles. The SMILES string of the molecule is Cc1ccccc1CCNc1nccc2sccc12. The van der Waals surface area contributed by atoms with Crippen LogP contribution in [0.3, 0.4) is 0 Å². The third kappa shape index (κ3) is 2.61. The van der Waals surface area contributed by atoms with Crippen molar-refractivity contribution in [2.75, 3.05) is 11.9 Å². The van der Waals surface area contributed by atoms with E-state index in [2.05, 4.69) is 59.0 Å². The van der Waals surface area contributed by atoms with Gasteiger partial charge in [0.1, 0.15) is 5.82 Å². The van der Waals surface area contributed by atoms with Crippen LogP contribution in [-0.4, -0.2) is 11.5 Å². The van der Waals surface area contributed by atoms with Crippen molar-refractivity contribution in [3.8, 4) is 0 Å². The molecule has 2 heterocycles. The maximum Gasteiger partial charge on any atom is 0.134 e. The average Bonchev–Trinajstić information content (AvgIpc) is 2.90. The van der Waals surface area contributed by atoms with E-state index in [4.69, 9.17) is 0 Å². The van der Waals surface area contributed by atoms with Crippen molar-refractivity contribution in [2.24, 2.45) is 0 Å². The van der Waals surface area contributed by atoms with Crippen LogP contribution in [0, 0.1) is 6.92 Å². The standard InChI is InChI=1S/C16H16N2S/c1-12-4-2-3-5-13(12)6-9-17-16-14-8-11-19-15(14)7-10-18-16/h2-5,7-8,10-11H,6,9H2,1H3,(H,17,18). The molecule has 2 nitrogen and oxygen atoms in total. The van der Waals surface area contributed by atoms with Crippen LogP contribution in [0.5, 0.6) is 0 Å². The quantitative estimate of drug-likeness (QED) is 0.764. The number of hydrogen-bond acceptors (Lipinski definition) is 3. The summed E-state index contributed by atoms with van der Waals surface area (Å²) in [5, 5.41) is 6.77. The van der Waals surface area contributed by atoms with Crippen LogP contribution < -0.4 is 5.32 Å². The van der Waals surface area contributed by atoms with Crippen LogP contribution in [-0.2, 0) is 6.42 Å². The molecule has 0 fully saturated rings. The molecule has 19 heavy (non-hydrogen) atoms. The zero-order valence-corrected chi connectivity index (χ0v) is 11.7. The fourth-order valence-corrected chi connectivity index (χ4v) is 3.02. The molecule has 0 bridgehead atoms. The number of nitrogens with zero attached hydrogens (tertiary/aromatic N) is 1. The Labute approximate surface area is 117 Å². The summed E-state index contributed by atoms with van der Waals surface area (Å²) >= 11 is 1.75. The molecule has 0 amide bonds. The van der Waals surface area contributed by atoms with E-state index < -0.39 is 0 Å². The zero-order chi connectivity index (χ0) is 13.1. The number of hydrogen-bond donors (Lipinski definition) is 1. The van der Waals surface area contributed by atoms with Crippen LogP contribution in [0.4, 0.5) is 5.82 Å². The average molecular weight is 268 g/mol. The maximum absolute atomic E-state index is 4.43. The second-order valence-corrected chi connectivity index (χ2v) is 5.54. The number of aryl methyl sites for hydroxylation is 1. The number of thiophene rings is 1. The minimum atomic E-state index is 0.910. The van der Waals surface area contributed by atoms with E-state index >= 15 is 0 Å². The van der Waals surface area contributed by atoms with Crippen molar-refractivity contribution in [3.63, 3.8) is 0 Å². The number of pyridine rings is 1. The molecule has 96 valence electrons. The first kappa shape index (κ1) is 12.2. The molecule has 0 unspecified atom stereocenters. The van der Waals surface area contributed by atoms with Crippen LogP contribution in [0.2, 0.25) is 0 Å². The first-order chi connectivity index (χ1) is 9.34. The second kappa shape index (κ2) is 5.41. The monoisotopic (exact) mass is 268 g/mol. The maximum atomic E-state index is 4.43. The van der Waals surface area contributed by atoms with E-state index in [1.807, 2.05) is 6.20 Å². The van der Waals surface area contributed by atoms with E-state index in [1.54, 1.807) is 11.3 Å². The van der Waals surface area contributed by atoms with E-state index in [0.29, 0.717) is 0 Å². The Bertz CT molecular complexity index is 688. The fraction of sp³-hybridized carbons (Fsp3) is 0.188. The Kier molecular flexibility index (Phi) is 3.47. The van der Waals surface area contributed by atoms with Crippen molar-refractivity contribution in [1.82, 2.24) is 4.98 Å². The van der Waals surface area contributed by atoms with Gasteiger partial charge in [0, 0.05) is 22.8 Å². The molecule has 0 aliphatic carbocycles. The highest BCUT2D eigenvalue weighted by molar-refractivity contribution is 7.17. The highest BCUT2D eigenvalue weighted by Gasteiger charge is 2.03. The van der Waals surface area contributed by atoms with Crippen molar-refractivity contribution in [2.45, 2.75) is 13.3 Å². The van der Waals surface area contributed by atoms with Gasteiger partial charge in [-0.2, -0.15) is 0 Å². The van der Waals surface area contributed by atoms with Gasteiger partial charge in [-0.3, -0.25) is 0 Å². The van der Waals surface area contributed by atoms with Gasteiger partial charge in [0.2, 0.25) is 0 Å². The van der Waals surface area contributed by atoms with E-state index in [-0.39, 0.29) is 0 Å². The van der Waals surface area contributed by atoms with Gasteiger partial charge < -0.3 is 5.32 Å². The summed E-state index contributed by atoms with van der Waals surface area (Å²) in [5.74, 6) is 0.993. The Morgan fingerprint density at radius 1 is 1.16 bits per heavy atom. The first-order valence-electron chi connectivity index (χ1n) is 6.45. The highest BCUT2D eigenvalue weighted by Crippen LogP contribution is 2.25. The predicted octanol–water partition coefficient (Wildman–Crippen LogP) is 4.26. The van der Waals surface area contributed by atoms with Gasteiger partial charge in [-0.15, -0.1) is 11.3 Å². The molecule has 0 saturated carbocycles. The summed E-state index contributed by atoms with van der Waals surface area (Å²) < 4.78 is 1.29. The van der Waals surface area contributed by atoms with Crippen LogP contribution >= 0.6 is 11.3 Å². The number of fused-ring (bicyclic) bond motifs is 1. The Morgan fingerprint density at radius 2 is 2.05 bits per heavy atom. The molecule has 0 aliphatic rings. The van der Waals surface area contributed by atoms with E-state index in [9.17, 15) is 0 Å². The molecule has 0 radical (unpaired) electrons. The molecule has 0 aliphatic heterocycles. The van der Waals surface area contributed by atoms with Crippen molar-refractivity contribution >= 4 is 27.2 Å². The lowest BCUT2D eigenvalue weighted by Crippen LogP contribution is -2.07. The molecule has 1 N–H and O–H groups in total. The second-order valence-electron chi connectivity index (χ2n) is 4.60. The van der Waals surface area contributed by atoms with E-state index in [1.165, 1.54) is 21.2 Å². The van der Waals surface area contributed by atoms with Gasteiger partial charge >= 0.3 is 0 Å². The number of aromatic nitrogens is 1. The molecule has 3 heteroatoms. The normalized spacial score (nSPS) is 10.8. The first-order valence-corrected chi connectivity index (χ1v) is 7.33. The zero-order valence-electron chi connectivity index (χ0n) is 10.9. The molecular formula is C16H16N2S. The Morgan fingerprint density at radius 3 is 2.95 bits per heavy atom. The van der Waals surface area contributed by atoms with Crippen molar-refractivity contribution in [3.05, 3.63) is 59.1 Å². The third-order valence-corrected chi connectivity index (χ3v) is 4.21. The van der Waals surface area contributed by atoms with E-state index in [0.717, 1.165) is 18.8 Å². The number of rotatable bonds is 4. The van der Waals surface area contributed by atoms with Gasteiger partial charge in [0.15, 0.2) is 0 Å². The number of benzene rings is 1. The summed E-state index contributed by atoms with van der Waals surface area (Å²) in [6.07, 6.45) is 2.89. The smallest absolute Gasteiger partial charge is 0.134 e. The van der Waals surface area contributed by atoms with Crippen LogP contribution in [0.25, 0.3) is 10.1 Å². The summed E-state index contributed by atoms with van der Waals surface area (Å²) in [6, 6.07) is 12.7. The lowest BCUT2D eigenvalue weighted by Gasteiger charge is -2.08. The van der Waals surface area contributed by atoms with Crippen LogP contribution in [0.15, 0.2) is 48.0 Å². The van der Waals surface area contributed by atoms with Gasteiger partial charge in [-0.1, -0.05) is 24.3 Å². The summed E-state index contributed by atoms with van der Waals surface area (Å²) in [5.41, 5.74) is 2.75. The van der Waals surface area contributed by atoms with Crippen LogP contribution in [0.1, 0.15) is 11.1 Å². The predicted molar refractivity (Wildman–Crippen MR) is 83.0 cm³/mol. The fourth-order valence-electron chi connectivity index (χ4n) is 2.24. The van der Waals surface area contributed by atoms with Crippen molar-refractivity contribution in [1.29, 1.82) is 0 Å². The van der Waals surface area contributed by atoms with Gasteiger partial charge in [-0.05, 0) is 42.0 Å². The van der Waals surface area contributed by atoms with Gasteiger partial charge in [0.05, 0.1) is 0 Å². The molecule has 3 aromatic rings. The Balaban J connectivity index is 1.70. The lowest BCUT2D eigenvalue weighted by molar-refractivity contribution is 0.997.